The molecule has 0 aromatic heterocycles. The minimum atomic E-state index is -0.338. The van der Waals surface area contributed by atoms with Crippen molar-refractivity contribution in [1.29, 1.82) is 0 Å². The van der Waals surface area contributed by atoms with Crippen molar-refractivity contribution in [2.45, 2.75) is 42.9 Å². The first-order chi connectivity index (χ1) is 10.2. The van der Waals surface area contributed by atoms with Gasteiger partial charge < -0.3 is 14.8 Å². The van der Waals surface area contributed by atoms with Crippen LogP contribution in [0.15, 0.2) is 29.2 Å². The summed E-state index contributed by atoms with van der Waals surface area (Å²) in [4.78, 5) is 12.9. The Morgan fingerprint density at radius 1 is 1.24 bits per heavy atom. The minimum absolute atomic E-state index is 0.127. The summed E-state index contributed by atoms with van der Waals surface area (Å²) in [5.41, 5.74) is 0.972. The van der Waals surface area contributed by atoms with E-state index >= 15 is 0 Å². The Bertz CT molecular complexity index is 439. The second-order valence-electron chi connectivity index (χ2n) is 5.21. The Kier molecular flexibility index (Phi) is 6.54. The Labute approximate surface area is 130 Å². The maximum Gasteiger partial charge on any atom is 0.230 e. The molecule has 1 aromatic carbocycles. The van der Waals surface area contributed by atoms with Gasteiger partial charge in [0, 0.05) is 30.7 Å². The number of amides is 1. The summed E-state index contributed by atoms with van der Waals surface area (Å²) < 4.78 is 10.4. The normalized spacial score (nSPS) is 15.6. The fourth-order valence-corrected chi connectivity index (χ4v) is 3.29. The van der Waals surface area contributed by atoms with Crippen LogP contribution in [0.1, 0.15) is 37.5 Å². The largest absolute Gasteiger partial charge is 0.353 e. The Morgan fingerprint density at radius 3 is 2.43 bits per heavy atom. The van der Waals surface area contributed by atoms with Crippen molar-refractivity contribution >= 4 is 17.7 Å². The fourth-order valence-electron chi connectivity index (χ4n) is 2.58. The van der Waals surface area contributed by atoms with Crippen LogP contribution in [0.2, 0.25) is 0 Å². The smallest absolute Gasteiger partial charge is 0.230 e. The highest BCUT2D eigenvalue weighted by Gasteiger charge is 2.17. The summed E-state index contributed by atoms with van der Waals surface area (Å²) in [7, 11) is 3.23. The Morgan fingerprint density at radius 2 is 1.86 bits per heavy atom. The SMILES string of the molecule is COC(OC)c1ccc(SCC(=O)NC2CCCC2)cc1. The number of carbonyl (C=O) groups excluding carboxylic acids is 1. The van der Waals surface area contributed by atoms with E-state index < -0.39 is 0 Å². The van der Waals surface area contributed by atoms with Crippen LogP contribution in [0.3, 0.4) is 0 Å². The first-order valence-corrected chi connectivity index (χ1v) is 8.29. The Balaban J connectivity index is 1.78. The van der Waals surface area contributed by atoms with Gasteiger partial charge in [-0.1, -0.05) is 25.0 Å². The highest BCUT2D eigenvalue weighted by atomic mass is 32.2. The molecule has 1 N–H and O–H groups in total. The third-order valence-corrected chi connectivity index (χ3v) is 4.68. The molecule has 0 atom stereocenters. The summed E-state index contributed by atoms with van der Waals surface area (Å²) in [6, 6.07) is 8.32. The van der Waals surface area contributed by atoms with Gasteiger partial charge in [0.15, 0.2) is 6.29 Å². The van der Waals surface area contributed by atoms with Gasteiger partial charge in [-0.05, 0) is 25.0 Å². The molecule has 1 aliphatic rings. The van der Waals surface area contributed by atoms with Gasteiger partial charge >= 0.3 is 0 Å². The van der Waals surface area contributed by atoms with Gasteiger partial charge in [0.05, 0.1) is 5.75 Å². The summed E-state index contributed by atoms with van der Waals surface area (Å²) >= 11 is 1.55. The molecule has 1 saturated carbocycles. The maximum atomic E-state index is 11.9. The van der Waals surface area contributed by atoms with Crippen LogP contribution in [-0.4, -0.2) is 31.9 Å². The molecule has 0 saturated heterocycles. The monoisotopic (exact) mass is 309 g/mol. The topological polar surface area (TPSA) is 47.6 Å². The second-order valence-corrected chi connectivity index (χ2v) is 6.26. The van der Waals surface area contributed by atoms with Crippen molar-refractivity contribution in [3.8, 4) is 0 Å². The summed E-state index contributed by atoms with van der Waals surface area (Å²) in [6.45, 7) is 0. The van der Waals surface area contributed by atoms with E-state index in [0.717, 1.165) is 23.3 Å². The van der Waals surface area contributed by atoms with E-state index in [1.165, 1.54) is 12.8 Å². The molecule has 1 aliphatic carbocycles. The molecular formula is C16H23NO3S. The average molecular weight is 309 g/mol. The van der Waals surface area contributed by atoms with Gasteiger partial charge in [-0.25, -0.2) is 0 Å². The zero-order valence-corrected chi connectivity index (χ0v) is 13.4. The molecule has 1 amide bonds. The zero-order chi connectivity index (χ0) is 15.1. The van der Waals surface area contributed by atoms with Gasteiger partial charge in [0.1, 0.15) is 0 Å². The van der Waals surface area contributed by atoms with E-state index in [-0.39, 0.29) is 12.2 Å². The summed E-state index contributed by atoms with van der Waals surface area (Å²) in [6.07, 6.45) is 4.38. The van der Waals surface area contributed by atoms with E-state index in [9.17, 15) is 4.79 Å². The van der Waals surface area contributed by atoms with Crippen LogP contribution < -0.4 is 5.32 Å². The van der Waals surface area contributed by atoms with E-state index in [4.69, 9.17) is 9.47 Å². The third-order valence-electron chi connectivity index (χ3n) is 3.67. The molecule has 1 aromatic rings. The fraction of sp³-hybridized carbons (Fsp3) is 0.562. The van der Waals surface area contributed by atoms with Gasteiger partial charge in [0.2, 0.25) is 5.91 Å². The van der Waals surface area contributed by atoms with Crippen LogP contribution in [0.4, 0.5) is 0 Å². The molecule has 0 heterocycles. The van der Waals surface area contributed by atoms with Crippen molar-refractivity contribution in [1.82, 2.24) is 5.32 Å². The van der Waals surface area contributed by atoms with Crippen molar-refractivity contribution < 1.29 is 14.3 Å². The molecule has 0 bridgehead atoms. The Hall–Kier alpha value is -1.04. The maximum absolute atomic E-state index is 11.9. The van der Waals surface area contributed by atoms with Crippen LogP contribution in [0, 0.1) is 0 Å². The van der Waals surface area contributed by atoms with Gasteiger partial charge in [-0.2, -0.15) is 0 Å². The van der Waals surface area contributed by atoms with Crippen molar-refractivity contribution in [2.24, 2.45) is 0 Å². The van der Waals surface area contributed by atoms with Crippen LogP contribution in [0.5, 0.6) is 0 Å². The number of thioether (sulfide) groups is 1. The molecular weight excluding hydrogens is 286 g/mol. The molecule has 0 aliphatic heterocycles. The molecule has 4 nitrogen and oxygen atoms in total. The standard InChI is InChI=1S/C16H23NO3S/c1-19-16(20-2)12-7-9-14(10-8-12)21-11-15(18)17-13-5-3-4-6-13/h7-10,13,16H,3-6,11H2,1-2H3,(H,17,18). The first kappa shape index (κ1) is 16.3. The number of benzene rings is 1. The van der Waals surface area contributed by atoms with Crippen LogP contribution >= 0.6 is 11.8 Å². The lowest BCUT2D eigenvalue weighted by Crippen LogP contribution is -2.33. The lowest BCUT2D eigenvalue weighted by atomic mass is 10.2. The zero-order valence-electron chi connectivity index (χ0n) is 12.6. The predicted molar refractivity (Wildman–Crippen MR) is 84.3 cm³/mol. The molecule has 0 radical (unpaired) electrons. The lowest BCUT2D eigenvalue weighted by Gasteiger charge is -2.14. The lowest BCUT2D eigenvalue weighted by molar-refractivity contribution is -0.119. The van der Waals surface area contributed by atoms with E-state index in [1.807, 2.05) is 24.3 Å². The number of carbonyl (C=O) groups is 1. The van der Waals surface area contributed by atoms with E-state index in [0.29, 0.717) is 11.8 Å². The van der Waals surface area contributed by atoms with Crippen molar-refractivity contribution in [3.05, 3.63) is 29.8 Å². The third kappa shape index (κ3) is 5.02. The molecule has 1 fully saturated rings. The molecule has 5 heteroatoms. The number of rotatable bonds is 7. The molecule has 0 spiro atoms. The van der Waals surface area contributed by atoms with Crippen molar-refractivity contribution in [3.63, 3.8) is 0 Å². The number of methoxy groups -OCH3 is 2. The number of nitrogens with one attached hydrogen (secondary N) is 1. The molecule has 21 heavy (non-hydrogen) atoms. The second kappa shape index (κ2) is 8.41. The summed E-state index contributed by atoms with van der Waals surface area (Å²) in [5, 5.41) is 3.10. The molecule has 0 unspecified atom stereocenters. The summed E-state index contributed by atoms with van der Waals surface area (Å²) in [5.74, 6) is 0.594. The van der Waals surface area contributed by atoms with Gasteiger partial charge in [-0.15, -0.1) is 11.8 Å². The van der Waals surface area contributed by atoms with Gasteiger partial charge in [0.25, 0.3) is 0 Å². The number of hydrogen-bond acceptors (Lipinski definition) is 4. The minimum Gasteiger partial charge on any atom is -0.353 e. The average Bonchev–Trinajstić information content (AvgIpc) is 3.00. The van der Waals surface area contributed by atoms with Crippen LogP contribution in [0.25, 0.3) is 0 Å². The van der Waals surface area contributed by atoms with Crippen LogP contribution in [-0.2, 0) is 14.3 Å². The van der Waals surface area contributed by atoms with Gasteiger partial charge in [-0.3, -0.25) is 4.79 Å². The predicted octanol–water partition coefficient (Wildman–Crippen LogP) is 3.13. The number of ether oxygens (including phenoxy) is 2. The molecule has 116 valence electrons. The quantitative estimate of drug-likeness (QED) is 0.621. The molecule has 2 rings (SSSR count). The van der Waals surface area contributed by atoms with E-state index in [2.05, 4.69) is 5.32 Å². The first-order valence-electron chi connectivity index (χ1n) is 7.30. The highest BCUT2D eigenvalue weighted by Crippen LogP contribution is 2.23. The van der Waals surface area contributed by atoms with E-state index in [1.54, 1.807) is 26.0 Å². The van der Waals surface area contributed by atoms with Crippen molar-refractivity contribution in [2.75, 3.05) is 20.0 Å². The highest BCUT2D eigenvalue weighted by molar-refractivity contribution is 8.00. The number of hydrogen-bond donors (Lipinski definition) is 1.